The predicted octanol–water partition coefficient (Wildman–Crippen LogP) is 1.69. The van der Waals surface area contributed by atoms with Gasteiger partial charge in [-0.3, -0.25) is 4.21 Å². The van der Waals surface area contributed by atoms with Crippen LogP contribution in [-0.2, 0) is 21.3 Å². The summed E-state index contributed by atoms with van der Waals surface area (Å²) in [6, 6.07) is 7.57. The second-order valence-electron chi connectivity index (χ2n) is 4.17. The van der Waals surface area contributed by atoms with Gasteiger partial charge in [-0.05, 0) is 31.0 Å². The van der Waals surface area contributed by atoms with E-state index in [0.29, 0.717) is 5.75 Å². The van der Waals surface area contributed by atoms with Gasteiger partial charge in [0.15, 0.2) is 0 Å². The SMILES string of the molecule is CC1OCCC1S(=O)Cc1ccc(N)cc1. The molecule has 3 atom stereocenters. The zero-order valence-corrected chi connectivity index (χ0v) is 10.2. The Morgan fingerprint density at radius 2 is 2.12 bits per heavy atom. The Labute approximate surface area is 98.4 Å². The summed E-state index contributed by atoms with van der Waals surface area (Å²) in [5.41, 5.74) is 7.42. The summed E-state index contributed by atoms with van der Waals surface area (Å²) in [4.78, 5) is 0. The fourth-order valence-corrected chi connectivity index (χ4v) is 3.54. The highest BCUT2D eigenvalue weighted by atomic mass is 32.2. The summed E-state index contributed by atoms with van der Waals surface area (Å²) in [6.45, 7) is 2.73. The molecule has 1 aromatic rings. The van der Waals surface area contributed by atoms with Gasteiger partial charge in [0.25, 0.3) is 0 Å². The number of ether oxygens (including phenoxy) is 1. The van der Waals surface area contributed by atoms with Crippen LogP contribution in [0, 0.1) is 0 Å². The zero-order valence-electron chi connectivity index (χ0n) is 9.39. The maximum atomic E-state index is 12.1. The van der Waals surface area contributed by atoms with Gasteiger partial charge in [-0.2, -0.15) is 0 Å². The van der Waals surface area contributed by atoms with E-state index in [1.54, 1.807) is 0 Å². The third kappa shape index (κ3) is 2.62. The molecule has 2 N–H and O–H groups in total. The third-order valence-corrected chi connectivity index (χ3v) is 4.85. The molecule has 0 aliphatic carbocycles. The molecule has 2 rings (SSSR count). The van der Waals surface area contributed by atoms with Crippen molar-refractivity contribution in [1.29, 1.82) is 0 Å². The Hall–Kier alpha value is -0.870. The van der Waals surface area contributed by atoms with Gasteiger partial charge < -0.3 is 10.5 Å². The molecule has 1 aromatic carbocycles. The van der Waals surface area contributed by atoms with Gasteiger partial charge in [0.05, 0.1) is 11.4 Å². The molecule has 0 saturated carbocycles. The van der Waals surface area contributed by atoms with Crippen molar-refractivity contribution in [3.8, 4) is 0 Å². The molecule has 16 heavy (non-hydrogen) atoms. The van der Waals surface area contributed by atoms with Crippen molar-refractivity contribution >= 4 is 16.5 Å². The van der Waals surface area contributed by atoms with E-state index in [1.807, 2.05) is 31.2 Å². The maximum Gasteiger partial charge on any atom is 0.0691 e. The Morgan fingerprint density at radius 1 is 1.44 bits per heavy atom. The summed E-state index contributed by atoms with van der Waals surface area (Å²) < 4.78 is 17.5. The zero-order chi connectivity index (χ0) is 11.5. The first kappa shape index (κ1) is 11.6. The molecule has 0 bridgehead atoms. The molecule has 1 fully saturated rings. The van der Waals surface area contributed by atoms with Crippen LogP contribution in [0.25, 0.3) is 0 Å². The molecule has 1 aliphatic rings. The Balaban J connectivity index is 1.99. The molecule has 0 radical (unpaired) electrons. The molecule has 3 nitrogen and oxygen atoms in total. The molecule has 4 heteroatoms. The highest BCUT2D eigenvalue weighted by molar-refractivity contribution is 7.84. The lowest BCUT2D eigenvalue weighted by molar-refractivity contribution is 0.127. The minimum absolute atomic E-state index is 0.120. The van der Waals surface area contributed by atoms with E-state index in [9.17, 15) is 4.21 Å². The number of nitrogens with two attached hydrogens (primary N) is 1. The van der Waals surface area contributed by atoms with Crippen LogP contribution in [0.1, 0.15) is 18.9 Å². The lowest BCUT2D eigenvalue weighted by Gasteiger charge is -2.13. The van der Waals surface area contributed by atoms with E-state index in [1.165, 1.54) is 0 Å². The summed E-state index contributed by atoms with van der Waals surface area (Å²) in [5.74, 6) is 0.596. The number of benzene rings is 1. The monoisotopic (exact) mass is 239 g/mol. The lowest BCUT2D eigenvalue weighted by atomic mass is 10.2. The van der Waals surface area contributed by atoms with Gasteiger partial charge in [0, 0.05) is 28.8 Å². The topological polar surface area (TPSA) is 52.3 Å². The van der Waals surface area contributed by atoms with Crippen LogP contribution >= 0.6 is 0 Å². The van der Waals surface area contributed by atoms with E-state index in [0.717, 1.165) is 24.3 Å². The normalized spacial score (nSPS) is 26.8. The van der Waals surface area contributed by atoms with Gasteiger partial charge in [-0.15, -0.1) is 0 Å². The molecular formula is C12H17NO2S. The average Bonchev–Trinajstić information content (AvgIpc) is 2.68. The van der Waals surface area contributed by atoms with Crippen LogP contribution < -0.4 is 5.73 Å². The quantitative estimate of drug-likeness (QED) is 0.817. The first-order valence-corrected chi connectivity index (χ1v) is 6.88. The van der Waals surface area contributed by atoms with Gasteiger partial charge in [-0.1, -0.05) is 12.1 Å². The highest BCUT2D eigenvalue weighted by Gasteiger charge is 2.29. The summed E-state index contributed by atoms with van der Waals surface area (Å²) in [6.07, 6.45) is 1.03. The number of rotatable bonds is 3. The van der Waals surface area contributed by atoms with Crippen molar-refractivity contribution < 1.29 is 8.95 Å². The van der Waals surface area contributed by atoms with Crippen LogP contribution in [0.4, 0.5) is 5.69 Å². The number of hydrogen-bond donors (Lipinski definition) is 1. The second-order valence-corrected chi connectivity index (χ2v) is 5.83. The molecule has 0 spiro atoms. The van der Waals surface area contributed by atoms with Crippen molar-refractivity contribution in [2.75, 3.05) is 12.3 Å². The molecule has 1 saturated heterocycles. The van der Waals surface area contributed by atoms with Crippen LogP contribution in [-0.4, -0.2) is 22.2 Å². The van der Waals surface area contributed by atoms with Gasteiger partial charge in [0.2, 0.25) is 0 Å². The highest BCUT2D eigenvalue weighted by Crippen LogP contribution is 2.21. The van der Waals surface area contributed by atoms with Gasteiger partial charge in [0.1, 0.15) is 0 Å². The van der Waals surface area contributed by atoms with Crippen molar-refractivity contribution in [3.63, 3.8) is 0 Å². The van der Waals surface area contributed by atoms with Crippen molar-refractivity contribution in [2.45, 2.75) is 30.5 Å². The van der Waals surface area contributed by atoms with Crippen LogP contribution in [0.3, 0.4) is 0 Å². The molecular weight excluding hydrogens is 222 g/mol. The van der Waals surface area contributed by atoms with E-state index in [2.05, 4.69) is 0 Å². The Kier molecular flexibility index (Phi) is 3.61. The predicted molar refractivity (Wildman–Crippen MR) is 66.5 cm³/mol. The smallest absolute Gasteiger partial charge is 0.0691 e. The standard InChI is InChI=1S/C12H17NO2S/c1-9-12(6-7-15-9)16(14)8-10-2-4-11(13)5-3-10/h2-5,9,12H,6-8,13H2,1H3. The van der Waals surface area contributed by atoms with E-state index in [-0.39, 0.29) is 11.4 Å². The van der Waals surface area contributed by atoms with Crippen molar-refractivity contribution in [2.24, 2.45) is 0 Å². The summed E-state index contributed by atoms with van der Waals surface area (Å²) in [5, 5.41) is 0.178. The number of anilines is 1. The fourth-order valence-electron chi connectivity index (χ4n) is 1.94. The summed E-state index contributed by atoms with van der Waals surface area (Å²) >= 11 is 0. The van der Waals surface area contributed by atoms with Gasteiger partial charge in [-0.25, -0.2) is 0 Å². The Bertz CT molecular complexity index is 377. The van der Waals surface area contributed by atoms with Crippen LogP contribution in [0.2, 0.25) is 0 Å². The fraction of sp³-hybridized carbons (Fsp3) is 0.500. The van der Waals surface area contributed by atoms with E-state index in [4.69, 9.17) is 10.5 Å². The average molecular weight is 239 g/mol. The molecule has 0 aromatic heterocycles. The first-order valence-electron chi connectivity index (χ1n) is 5.50. The van der Waals surface area contributed by atoms with Gasteiger partial charge >= 0.3 is 0 Å². The minimum Gasteiger partial charge on any atom is -0.399 e. The van der Waals surface area contributed by atoms with Crippen LogP contribution in [0.15, 0.2) is 24.3 Å². The number of nitrogen functional groups attached to an aromatic ring is 1. The van der Waals surface area contributed by atoms with E-state index >= 15 is 0 Å². The van der Waals surface area contributed by atoms with Crippen LogP contribution in [0.5, 0.6) is 0 Å². The van der Waals surface area contributed by atoms with Crippen molar-refractivity contribution in [1.82, 2.24) is 0 Å². The Morgan fingerprint density at radius 3 is 2.69 bits per heavy atom. The largest absolute Gasteiger partial charge is 0.399 e. The van der Waals surface area contributed by atoms with E-state index < -0.39 is 10.8 Å². The molecule has 1 heterocycles. The first-order chi connectivity index (χ1) is 7.66. The number of hydrogen-bond acceptors (Lipinski definition) is 3. The molecule has 0 amide bonds. The molecule has 88 valence electrons. The maximum absolute atomic E-state index is 12.1. The lowest BCUT2D eigenvalue weighted by Crippen LogP contribution is -2.24. The second kappa shape index (κ2) is 4.97. The summed E-state index contributed by atoms with van der Waals surface area (Å²) in [7, 11) is -0.849. The minimum atomic E-state index is -0.849. The molecule has 1 aliphatic heterocycles. The third-order valence-electron chi connectivity index (χ3n) is 2.93. The van der Waals surface area contributed by atoms with Crippen molar-refractivity contribution in [3.05, 3.63) is 29.8 Å². The molecule has 3 unspecified atom stereocenters.